The highest BCUT2D eigenvalue weighted by Gasteiger charge is 2.32. The lowest BCUT2D eigenvalue weighted by Crippen LogP contribution is -2.43. The van der Waals surface area contributed by atoms with Crippen molar-refractivity contribution < 1.29 is 9.90 Å². The van der Waals surface area contributed by atoms with Crippen LogP contribution in [0.25, 0.3) is 10.9 Å². The molecule has 5 nitrogen and oxygen atoms in total. The molecule has 0 saturated carbocycles. The molecule has 0 spiro atoms. The van der Waals surface area contributed by atoms with E-state index in [1.807, 2.05) is 24.3 Å². The van der Waals surface area contributed by atoms with Crippen molar-refractivity contribution in [1.29, 1.82) is 0 Å². The molecule has 2 aromatic rings. The van der Waals surface area contributed by atoms with Crippen LogP contribution in [0.4, 0.5) is 0 Å². The highest BCUT2D eigenvalue weighted by atomic mass is 32.2. The number of aromatic amines is 1. The van der Waals surface area contributed by atoms with E-state index in [1.54, 1.807) is 11.8 Å². The zero-order valence-corrected chi connectivity index (χ0v) is 11.2. The molecule has 1 aromatic heterocycles. The van der Waals surface area contributed by atoms with Gasteiger partial charge in [0.1, 0.15) is 0 Å². The molecule has 1 aromatic carbocycles. The first kappa shape index (κ1) is 12.5. The van der Waals surface area contributed by atoms with Crippen LogP contribution in [0.3, 0.4) is 0 Å². The van der Waals surface area contributed by atoms with E-state index in [0.717, 1.165) is 23.1 Å². The molecular weight excluding hydrogens is 262 g/mol. The molecule has 1 amide bonds. The maximum atomic E-state index is 12.1. The number of nitrogens with zero attached hydrogens (tertiary/aromatic N) is 1. The minimum Gasteiger partial charge on any atom is -0.387 e. The fourth-order valence-corrected chi connectivity index (χ4v) is 3.50. The van der Waals surface area contributed by atoms with Crippen molar-refractivity contribution in [3.05, 3.63) is 30.0 Å². The Labute approximate surface area is 114 Å². The number of aliphatic hydroxyl groups is 1. The lowest BCUT2D eigenvalue weighted by Gasteiger charge is -2.21. The van der Waals surface area contributed by atoms with Gasteiger partial charge in [-0.05, 0) is 18.2 Å². The monoisotopic (exact) mass is 277 g/mol. The number of hydrogen-bond acceptors (Lipinski definition) is 4. The third-order valence-corrected chi connectivity index (χ3v) is 4.58. The van der Waals surface area contributed by atoms with Crippen LogP contribution < -0.4 is 5.32 Å². The second-order valence-electron chi connectivity index (χ2n) is 4.83. The van der Waals surface area contributed by atoms with Gasteiger partial charge in [0.2, 0.25) is 0 Å². The van der Waals surface area contributed by atoms with Crippen molar-refractivity contribution in [2.45, 2.75) is 12.0 Å². The molecule has 0 bridgehead atoms. The van der Waals surface area contributed by atoms with Crippen LogP contribution in [-0.4, -0.2) is 44.9 Å². The molecule has 2 heterocycles. The van der Waals surface area contributed by atoms with E-state index in [-0.39, 0.29) is 12.5 Å². The average Bonchev–Trinajstić information content (AvgIpc) is 3.03. The fraction of sp³-hybridized carbons (Fsp3) is 0.385. The van der Waals surface area contributed by atoms with Crippen LogP contribution in [0.1, 0.15) is 16.9 Å². The normalized spacial score (nSPS) is 22.8. The molecule has 1 atom stereocenters. The van der Waals surface area contributed by atoms with E-state index in [0.29, 0.717) is 11.4 Å². The number of H-pyrrole nitrogens is 1. The van der Waals surface area contributed by atoms with Crippen LogP contribution >= 0.6 is 11.8 Å². The number of carbonyl (C=O) groups is 1. The van der Waals surface area contributed by atoms with Gasteiger partial charge in [0.15, 0.2) is 5.69 Å². The maximum Gasteiger partial charge on any atom is 0.272 e. The maximum absolute atomic E-state index is 12.1. The summed E-state index contributed by atoms with van der Waals surface area (Å²) >= 11 is 1.71. The molecule has 1 aliphatic heterocycles. The Bertz CT molecular complexity index is 605. The molecule has 0 radical (unpaired) electrons. The lowest BCUT2D eigenvalue weighted by atomic mass is 10.0. The summed E-state index contributed by atoms with van der Waals surface area (Å²) in [7, 11) is 0. The van der Waals surface area contributed by atoms with Crippen molar-refractivity contribution in [2.24, 2.45) is 0 Å². The fourth-order valence-electron chi connectivity index (χ4n) is 2.20. The predicted molar refractivity (Wildman–Crippen MR) is 75.3 cm³/mol. The molecule has 6 heteroatoms. The highest BCUT2D eigenvalue weighted by molar-refractivity contribution is 7.99. The summed E-state index contributed by atoms with van der Waals surface area (Å²) in [4.78, 5) is 12.1. The minimum atomic E-state index is -0.771. The molecule has 100 valence electrons. The topological polar surface area (TPSA) is 78.0 Å². The zero-order chi connectivity index (χ0) is 13.3. The van der Waals surface area contributed by atoms with Gasteiger partial charge in [-0.3, -0.25) is 9.89 Å². The van der Waals surface area contributed by atoms with Gasteiger partial charge >= 0.3 is 0 Å². The number of aromatic nitrogens is 2. The number of para-hydroxylation sites is 1. The number of thioether (sulfide) groups is 1. The van der Waals surface area contributed by atoms with Crippen LogP contribution in [0.5, 0.6) is 0 Å². The smallest absolute Gasteiger partial charge is 0.272 e. The van der Waals surface area contributed by atoms with Crippen molar-refractivity contribution in [3.8, 4) is 0 Å². The van der Waals surface area contributed by atoms with Gasteiger partial charge in [-0.25, -0.2) is 0 Å². The van der Waals surface area contributed by atoms with Crippen molar-refractivity contribution in [3.63, 3.8) is 0 Å². The number of fused-ring (bicyclic) bond motifs is 1. The molecule has 3 rings (SSSR count). The first-order valence-electron chi connectivity index (χ1n) is 6.19. The van der Waals surface area contributed by atoms with Crippen LogP contribution in [0, 0.1) is 0 Å². The van der Waals surface area contributed by atoms with Crippen molar-refractivity contribution in [1.82, 2.24) is 15.5 Å². The van der Waals surface area contributed by atoms with E-state index >= 15 is 0 Å². The molecule has 1 saturated heterocycles. The van der Waals surface area contributed by atoms with E-state index in [1.165, 1.54) is 0 Å². The Morgan fingerprint density at radius 2 is 2.37 bits per heavy atom. The Balaban J connectivity index is 1.73. The van der Waals surface area contributed by atoms with E-state index < -0.39 is 5.60 Å². The Hall–Kier alpha value is -1.53. The van der Waals surface area contributed by atoms with Gasteiger partial charge < -0.3 is 10.4 Å². The minimum absolute atomic E-state index is 0.247. The molecule has 19 heavy (non-hydrogen) atoms. The lowest BCUT2D eigenvalue weighted by molar-refractivity contribution is 0.0611. The summed E-state index contributed by atoms with van der Waals surface area (Å²) in [5, 5.41) is 20.6. The first-order chi connectivity index (χ1) is 9.18. The van der Waals surface area contributed by atoms with Crippen LogP contribution in [0.15, 0.2) is 24.3 Å². The summed E-state index contributed by atoms with van der Waals surface area (Å²) in [6.07, 6.45) is 0.721. The van der Waals surface area contributed by atoms with Crippen LogP contribution in [0.2, 0.25) is 0 Å². The molecule has 1 unspecified atom stereocenters. The SMILES string of the molecule is O=C(NCC1(O)CCSC1)c1n[nH]c2ccccc12. The van der Waals surface area contributed by atoms with Gasteiger partial charge in [0, 0.05) is 17.7 Å². The van der Waals surface area contributed by atoms with Crippen LogP contribution in [-0.2, 0) is 0 Å². The molecule has 3 N–H and O–H groups in total. The quantitative estimate of drug-likeness (QED) is 0.786. The summed E-state index contributed by atoms with van der Waals surface area (Å²) in [6.45, 7) is 0.278. The summed E-state index contributed by atoms with van der Waals surface area (Å²) in [5.41, 5.74) is 0.444. The van der Waals surface area contributed by atoms with E-state index in [9.17, 15) is 9.90 Å². The number of nitrogens with one attached hydrogen (secondary N) is 2. The summed E-state index contributed by atoms with van der Waals surface area (Å²) in [6, 6.07) is 7.49. The Morgan fingerprint density at radius 3 is 3.16 bits per heavy atom. The van der Waals surface area contributed by atoms with Crippen molar-refractivity contribution >= 4 is 28.6 Å². The number of rotatable bonds is 3. The molecular formula is C13H15N3O2S. The largest absolute Gasteiger partial charge is 0.387 e. The third-order valence-electron chi connectivity index (χ3n) is 3.35. The predicted octanol–water partition coefficient (Wildman–Crippen LogP) is 1.16. The number of hydrogen-bond donors (Lipinski definition) is 3. The highest BCUT2D eigenvalue weighted by Crippen LogP contribution is 2.27. The number of benzene rings is 1. The number of carbonyl (C=O) groups excluding carboxylic acids is 1. The summed E-state index contributed by atoms with van der Waals surface area (Å²) in [5.74, 6) is 1.37. The second kappa shape index (κ2) is 4.86. The first-order valence-corrected chi connectivity index (χ1v) is 7.35. The van der Waals surface area contributed by atoms with Gasteiger partial charge in [-0.15, -0.1) is 0 Å². The summed E-state index contributed by atoms with van der Waals surface area (Å²) < 4.78 is 0. The molecule has 1 aliphatic rings. The third kappa shape index (κ3) is 2.46. The zero-order valence-electron chi connectivity index (χ0n) is 10.3. The van der Waals surface area contributed by atoms with Gasteiger partial charge in [0.25, 0.3) is 5.91 Å². The Kier molecular flexibility index (Phi) is 3.20. The molecule has 0 aliphatic carbocycles. The second-order valence-corrected chi connectivity index (χ2v) is 5.93. The standard InChI is InChI=1S/C13H15N3O2S/c17-12(14-7-13(18)5-6-19-8-13)11-9-3-1-2-4-10(9)15-16-11/h1-4,18H,5-8H2,(H,14,17)(H,15,16). The van der Waals surface area contributed by atoms with E-state index in [2.05, 4.69) is 15.5 Å². The van der Waals surface area contributed by atoms with Gasteiger partial charge in [-0.2, -0.15) is 16.9 Å². The van der Waals surface area contributed by atoms with E-state index in [4.69, 9.17) is 0 Å². The molecule has 1 fully saturated rings. The van der Waals surface area contributed by atoms with Gasteiger partial charge in [0.05, 0.1) is 11.1 Å². The van der Waals surface area contributed by atoms with Gasteiger partial charge in [-0.1, -0.05) is 18.2 Å². The average molecular weight is 277 g/mol. The van der Waals surface area contributed by atoms with Crippen molar-refractivity contribution in [2.75, 3.05) is 18.1 Å². The number of amides is 1. The Morgan fingerprint density at radius 1 is 1.53 bits per heavy atom.